The lowest BCUT2D eigenvalue weighted by atomic mass is 9.58. The molecule has 210 valence electrons. The summed E-state index contributed by atoms with van der Waals surface area (Å²) in [5, 5.41) is 8.42. The molecule has 0 bridgehead atoms. The Kier molecular flexibility index (Phi) is 6.90. The molecule has 1 amide bonds. The van der Waals surface area contributed by atoms with Crippen LogP contribution in [0.2, 0.25) is 0 Å². The molecule has 2 aliphatic rings. The maximum absolute atomic E-state index is 14.4. The Hall–Kier alpha value is -4.73. The maximum atomic E-state index is 14.4. The Morgan fingerprint density at radius 2 is 1.56 bits per heavy atom. The normalized spacial score (nSPS) is 20.8. The van der Waals surface area contributed by atoms with Crippen molar-refractivity contribution < 1.29 is 28.7 Å². The molecular formula is C31H30N4O6. The van der Waals surface area contributed by atoms with Crippen LogP contribution >= 0.6 is 0 Å². The molecule has 0 unspecified atom stereocenters. The monoisotopic (exact) mass is 554 g/mol. The summed E-state index contributed by atoms with van der Waals surface area (Å²) in [4.78, 5) is 51.9. The van der Waals surface area contributed by atoms with Crippen molar-refractivity contribution in [3.63, 3.8) is 0 Å². The van der Waals surface area contributed by atoms with Gasteiger partial charge in [-0.25, -0.2) is 0 Å². The first-order chi connectivity index (χ1) is 20.0. The molecular weight excluding hydrogens is 524 g/mol. The minimum absolute atomic E-state index is 0.0341. The number of fused-ring (bicyclic) bond motifs is 3. The predicted molar refractivity (Wildman–Crippen MR) is 147 cm³/mol. The summed E-state index contributed by atoms with van der Waals surface area (Å²) < 4.78 is 11.1. The van der Waals surface area contributed by atoms with Crippen LogP contribution in [-0.4, -0.2) is 57.7 Å². The third-order valence-electron chi connectivity index (χ3n) is 7.93. The van der Waals surface area contributed by atoms with E-state index in [0.29, 0.717) is 28.7 Å². The fraction of sp³-hybridized carbons (Fsp3) is 0.323. The number of rotatable bonds is 8. The average molecular weight is 555 g/mol. The first-order valence-electron chi connectivity index (χ1n) is 13.7. The first kappa shape index (κ1) is 26.5. The summed E-state index contributed by atoms with van der Waals surface area (Å²) in [7, 11) is 0. The molecule has 0 saturated carbocycles. The molecule has 10 nitrogen and oxygen atoms in total. The lowest BCUT2D eigenvalue weighted by Gasteiger charge is -2.43. The van der Waals surface area contributed by atoms with Crippen LogP contribution < -0.4 is 4.84 Å². The highest BCUT2D eigenvalue weighted by molar-refractivity contribution is 6.12. The number of likely N-dealkylation sites (tertiary alicyclic amines) is 1. The highest BCUT2D eigenvalue weighted by Crippen LogP contribution is 2.54. The molecule has 1 aliphatic heterocycles. The average Bonchev–Trinajstić information content (AvgIpc) is 3.55. The summed E-state index contributed by atoms with van der Waals surface area (Å²) in [6.07, 6.45) is -0.733. The number of nitrogens with zero attached hydrogens (tertiary/aromatic N) is 4. The van der Waals surface area contributed by atoms with E-state index in [9.17, 15) is 14.4 Å². The van der Waals surface area contributed by atoms with E-state index in [1.54, 1.807) is 30.9 Å². The summed E-state index contributed by atoms with van der Waals surface area (Å²) in [5.41, 5.74) is 1.15. The molecule has 1 aromatic heterocycles. The topological polar surface area (TPSA) is 113 Å². The molecule has 1 saturated heterocycles. The van der Waals surface area contributed by atoms with Crippen LogP contribution in [-0.2, 0) is 35.8 Å². The Bertz CT molecular complexity index is 1580. The molecule has 3 atom stereocenters. The smallest absolute Gasteiger partial charge is 0.328 e. The molecule has 4 aromatic rings. The second-order valence-electron chi connectivity index (χ2n) is 10.2. The predicted octanol–water partition coefficient (Wildman–Crippen LogP) is 3.25. The molecule has 1 fully saturated rings. The second kappa shape index (κ2) is 10.7. The highest BCUT2D eigenvalue weighted by atomic mass is 16.7. The van der Waals surface area contributed by atoms with Crippen molar-refractivity contribution in [2.24, 2.45) is 11.8 Å². The van der Waals surface area contributed by atoms with Crippen LogP contribution in [0.3, 0.4) is 0 Å². The van der Waals surface area contributed by atoms with Gasteiger partial charge in [-0.2, -0.15) is 0 Å². The Morgan fingerprint density at radius 1 is 0.902 bits per heavy atom. The number of hydrogen-bond acceptors (Lipinski definition) is 8. The van der Waals surface area contributed by atoms with E-state index in [4.69, 9.17) is 14.3 Å². The van der Waals surface area contributed by atoms with Crippen LogP contribution in [0.25, 0.3) is 11.0 Å². The number of benzene rings is 3. The SMILES string of the molecule is CCOC(=O)C1(C(=O)OCC)c2ccccc2[C@@H](On2nnc3ccccc32)[C@@H]2CN(Cc3ccccc3)C(=O)[C@H]21. The first-order valence-corrected chi connectivity index (χ1v) is 13.7. The lowest BCUT2D eigenvalue weighted by Crippen LogP contribution is -2.59. The van der Waals surface area contributed by atoms with Gasteiger partial charge in [-0.15, -0.1) is 5.10 Å². The van der Waals surface area contributed by atoms with E-state index in [-0.39, 0.29) is 25.7 Å². The van der Waals surface area contributed by atoms with Gasteiger partial charge >= 0.3 is 11.9 Å². The van der Waals surface area contributed by atoms with Crippen molar-refractivity contribution in [2.45, 2.75) is 31.9 Å². The number of ether oxygens (including phenoxy) is 2. The molecule has 6 rings (SSSR count). The summed E-state index contributed by atoms with van der Waals surface area (Å²) in [5.74, 6) is -3.69. The standard InChI is InChI=1S/C31H30N4O6/c1-3-39-29(37)31(30(38)40-4-2)23-15-9-8-14-21(23)27(41-35-25-17-11-10-16-24(25)32-33-35)22-19-34(28(36)26(22)31)18-20-12-6-5-7-13-20/h5-17,22,26-27H,3-4,18-19H2,1-2H3/t22-,26+,27-/m1/s1. The Balaban J connectivity index is 1.54. The number of amides is 1. The third-order valence-corrected chi connectivity index (χ3v) is 7.93. The number of carbonyl (C=O) groups excluding carboxylic acids is 3. The van der Waals surface area contributed by atoms with Gasteiger partial charge in [-0.1, -0.05) is 71.6 Å². The molecule has 0 radical (unpaired) electrons. The van der Waals surface area contributed by atoms with Crippen LogP contribution in [0.5, 0.6) is 0 Å². The zero-order valence-corrected chi connectivity index (χ0v) is 22.8. The number of hydrogen-bond donors (Lipinski definition) is 0. The Labute approximate surface area is 236 Å². The maximum Gasteiger partial charge on any atom is 0.328 e. The number of carbonyl (C=O) groups is 3. The second-order valence-corrected chi connectivity index (χ2v) is 10.2. The van der Waals surface area contributed by atoms with E-state index in [1.165, 1.54) is 4.85 Å². The van der Waals surface area contributed by atoms with Gasteiger partial charge in [0.15, 0.2) is 6.10 Å². The van der Waals surface area contributed by atoms with Crippen molar-refractivity contribution in [1.29, 1.82) is 0 Å². The molecule has 0 N–H and O–H groups in total. The molecule has 0 spiro atoms. The minimum atomic E-state index is -2.00. The van der Waals surface area contributed by atoms with Gasteiger partial charge in [0.1, 0.15) is 11.0 Å². The van der Waals surface area contributed by atoms with E-state index in [0.717, 1.165) is 5.56 Å². The van der Waals surface area contributed by atoms with Crippen LogP contribution in [0, 0.1) is 11.8 Å². The van der Waals surface area contributed by atoms with Gasteiger partial charge in [0.05, 0.1) is 19.1 Å². The summed E-state index contributed by atoms with van der Waals surface area (Å²) in [6.45, 7) is 3.96. The third kappa shape index (κ3) is 4.21. The van der Waals surface area contributed by atoms with Crippen LogP contribution in [0.1, 0.15) is 36.6 Å². The van der Waals surface area contributed by atoms with Gasteiger partial charge < -0.3 is 19.2 Å². The summed E-state index contributed by atoms with van der Waals surface area (Å²) >= 11 is 0. The number of aromatic nitrogens is 3. The molecule has 41 heavy (non-hydrogen) atoms. The van der Waals surface area contributed by atoms with Crippen molar-refractivity contribution in [2.75, 3.05) is 19.8 Å². The zero-order chi connectivity index (χ0) is 28.6. The van der Waals surface area contributed by atoms with Gasteiger partial charge in [-0.3, -0.25) is 14.4 Å². The zero-order valence-electron chi connectivity index (χ0n) is 22.8. The van der Waals surface area contributed by atoms with Crippen molar-refractivity contribution in [1.82, 2.24) is 20.1 Å². The van der Waals surface area contributed by atoms with Gasteiger partial charge in [0.25, 0.3) is 0 Å². The fourth-order valence-corrected chi connectivity index (χ4v) is 6.27. The van der Waals surface area contributed by atoms with Crippen LogP contribution in [0.4, 0.5) is 0 Å². The van der Waals surface area contributed by atoms with Crippen molar-refractivity contribution in [3.8, 4) is 0 Å². The lowest BCUT2D eigenvalue weighted by molar-refractivity contribution is -0.174. The largest absolute Gasteiger partial charge is 0.465 e. The van der Waals surface area contributed by atoms with Gasteiger partial charge in [0, 0.05) is 24.6 Å². The van der Waals surface area contributed by atoms with Crippen molar-refractivity contribution in [3.05, 3.63) is 95.6 Å². The molecule has 2 heterocycles. The van der Waals surface area contributed by atoms with Gasteiger partial charge in [-0.05, 0) is 42.3 Å². The molecule has 1 aliphatic carbocycles. The van der Waals surface area contributed by atoms with E-state index >= 15 is 0 Å². The number of esters is 2. The minimum Gasteiger partial charge on any atom is -0.465 e. The Morgan fingerprint density at radius 3 is 2.29 bits per heavy atom. The van der Waals surface area contributed by atoms with Crippen LogP contribution in [0.15, 0.2) is 78.9 Å². The van der Waals surface area contributed by atoms with E-state index in [1.807, 2.05) is 66.7 Å². The van der Waals surface area contributed by atoms with Gasteiger partial charge in [0.2, 0.25) is 11.3 Å². The fourth-order valence-electron chi connectivity index (χ4n) is 6.27. The number of para-hydroxylation sites is 1. The quantitative estimate of drug-likeness (QED) is 0.241. The highest BCUT2D eigenvalue weighted by Gasteiger charge is 2.69. The van der Waals surface area contributed by atoms with E-state index < -0.39 is 35.3 Å². The molecule has 3 aromatic carbocycles. The molecule has 10 heteroatoms. The summed E-state index contributed by atoms with van der Waals surface area (Å²) in [6, 6.07) is 24.0. The van der Waals surface area contributed by atoms with E-state index in [2.05, 4.69) is 10.3 Å². The van der Waals surface area contributed by atoms with Crippen molar-refractivity contribution >= 4 is 28.9 Å².